The van der Waals surface area contributed by atoms with Crippen molar-refractivity contribution in [3.63, 3.8) is 0 Å². The number of carbonyl (C=O) groups excluding carboxylic acids is 3. The van der Waals surface area contributed by atoms with E-state index in [1.165, 1.54) is 0 Å². The zero-order chi connectivity index (χ0) is 17.5. The maximum absolute atomic E-state index is 12.2. The molecule has 0 aromatic heterocycles. The van der Waals surface area contributed by atoms with Crippen LogP contribution < -0.4 is 16.4 Å². The van der Waals surface area contributed by atoms with E-state index in [2.05, 4.69) is 10.6 Å². The molecule has 0 bridgehead atoms. The molecule has 0 spiro atoms. The summed E-state index contributed by atoms with van der Waals surface area (Å²) in [5, 5.41) is 5.12. The Hall–Kier alpha value is -3.35. The van der Waals surface area contributed by atoms with Crippen LogP contribution in [0.4, 0.5) is 16.2 Å². The lowest BCUT2D eigenvalue weighted by Crippen LogP contribution is -2.19. The van der Waals surface area contributed by atoms with Crippen LogP contribution in [0.1, 0.15) is 27.6 Å². The van der Waals surface area contributed by atoms with Gasteiger partial charge in [0.2, 0.25) is 0 Å². The molecule has 2 rings (SSSR count). The topological polar surface area (TPSA) is 111 Å². The molecule has 3 amide bonds. The number of carbonyl (C=O) groups is 3. The number of rotatable bonds is 5. The standard InChI is InChI=1S/C17H17N3O4/c1-2-24-16(22)12-5-9-13(10-6-12)19-15(21)11-3-7-14(8-4-11)20-17(18)23/h3-10H,2H2,1H3,(H,19,21)(H3,18,20,23). The maximum Gasteiger partial charge on any atom is 0.338 e. The number of anilines is 2. The lowest BCUT2D eigenvalue weighted by atomic mass is 10.1. The SMILES string of the molecule is CCOC(=O)c1ccc(NC(=O)c2ccc(NC(N)=O)cc2)cc1. The number of benzene rings is 2. The molecule has 0 unspecified atom stereocenters. The Balaban J connectivity index is 2.01. The van der Waals surface area contributed by atoms with Crippen molar-refractivity contribution in [3.8, 4) is 0 Å². The van der Waals surface area contributed by atoms with Crippen molar-refractivity contribution in [3.05, 3.63) is 59.7 Å². The first-order valence-corrected chi connectivity index (χ1v) is 7.24. The number of amides is 3. The van der Waals surface area contributed by atoms with Crippen LogP contribution in [-0.4, -0.2) is 24.5 Å². The minimum atomic E-state index is -0.672. The summed E-state index contributed by atoms with van der Waals surface area (Å²) in [6, 6.07) is 12.0. The number of urea groups is 1. The van der Waals surface area contributed by atoms with Gasteiger partial charge in [0.1, 0.15) is 0 Å². The first-order chi connectivity index (χ1) is 11.5. The number of primary amides is 1. The van der Waals surface area contributed by atoms with E-state index in [1.807, 2.05) is 0 Å². The van der Waals surface area contributed by atoms with E-state index in [0.717, 1.165) is 0 Å². The summed E-state index contributed by atoms with van der Waals surface area (Å²) in [5.74, 6) is -0.725. The number of nitrogens with two attached hydrogens (primary N) is 1. The van der Waals surface area contributed by atoms with E-state index >= 15 is 0 Å². The second-order valence-electron chi connectivity index (χ2n) is 4.82. The summed E-state index contributed by atoms with van der Waals surface area (Å²) in [5.41, 5.74) is 6.89. The molecule has 0 fully saturated rings. The van der Waals surface area contributed by atoms with Crippen molar-refractivity contribution < 1.29 is 19.1 Å². The molecule has 0 saturated carbocycles. The number of nitrogens with one attached hydrogen (secondary N) is 2. The molecule has 2 aromatic carbocycles. The van der Waals surface area contributed by atoms with Crippen molar-refractivity contribution >= 4 is 29.3 Å². The van der Waals surface area contributed by atoms with Gasteiger partial charge in [0.25, 0.3) is 5.91 Å². The average molecular weight is 327 g/mol. The summed E-state index contributed by atoms with van der Waals surface area (Å²) in [7, 11) is 0. The molecule has 124 valence electrons. The Morgan fingerprint density at radius 3 is 1.88 bits per heavy atom. The third kappa shape index (κ3) is 4.57. The second-order valence-corrected chi connectivity index (χ2v) is 4.82. The Labute approximate surface area is 138 Å². The van der Waals surface area contributed by atoms with Crippen LogP contribution in [0, 0.1) is 0 Å². The highest BCUT2D eigenvalue weighted by atomic mass is 16.5. The Morgan fingerprint density at radius 1 is 0.875 bits per heavy atom. The maximum atomic E-state index is 12.2. The van der Waals surface area contributed by atoms with Crippen LogP contribution in [0.15, 0.2) is 48.5 Å². The molecular formula is C17H17N3O4. The molecule has 0 radical (unpaired) electrons. The van der Waals surface area contributed by atoms with E-state index in [1.54, 1.807) is 55.5 Å². The fraction of sp³-hybridized carbons (Fsp3) is 0.118. The number of hydrogen-bond acceptors (Lipinski definition) is 4. The fourth-order valence-corrected chi connectivity index (χ4v) is 1.95. The van der Waals surface area contributed by atoms with Gasteiger partial charge in [-0.25, -0.2) is 9.59 Å². The lowest BCUT2D eigenvalue weighted by molar-refractivity contribution is 0.0526. The zero-order valence-corrected chi connectivity index (χ0v) is 13.0. The predicted octanol–water partition coefficient (Wildman–Crippen LogP) is 2.61. The van der Waals surface area contributed by atoms with Gasteiger partial charge in [0.15, 0.2) is 0 Å². The van der Waals surface area contributed by atoms with Crippen molar-refractivity contribution in [1.29, 1.82) is 0 Å². The summed E-state index contributed by atoms with van der Waals surface area (Å²) >= 11 is 0. The molecule has 0 aliphatic carbocycles. The van der Waals surface area contributed by atoms with Crippen LogP contribution in [0.25, 0.3) is 0 Å². The predicted molar refractivity (Wildman–Crippen MR) is 90.0 cm³/mol. The molecule has 2 aromatic rings. The van der Waals surface area contributed by atoms with Crippen LogP contribution in [-0.2, 0) is 4.74 Å². The van der Waals surface area contributed by atoms with Crippen molar-refractivity contribution in [2.45, 2.75) is 6.92 Å². The molecule has 0 atom stereocenters. The van der Waals surface area contributed by atoms with Gasteiger partial charge >= 0.3 is 12.0 Å². The van der Waals surface area contributed by atoms with E-state index in [4.69, 9.17) is 10.5 Å². The number of hydrogen-bond donors (Lipinski definition) is 3. The van der Waals surface area contributed by atoms with Crippen LogP contribution in [0.2, 0.25) is 0 Å². The Kier molecular flexibility index (Phi) is 5.51. The van der Waals surface area contributed by atoms with Gasteiger partial charge in [-0.3, -0.25) is 4.79 Å². The smallest absolute Gasteiger partial charge is 0.338 e. The third-order valence-corrected chi connectivity index (χ3v) is 3.07. The van der Waals surface area contributed by atoms with Crippen LogP contribution >= 0.6 is 0 Å². The largest absolute Gasteiger partial charge is 0.462 e. The highest BCUT2D eigenvalue weighted by Gasteiger charge is 2.09. The quantitative estimate of drug-likeness (QED) is 0.733. The molecule has 24 heavy (non-hydrogen) atoms. The van der Waals surface area contributed by atoms with Gasteiger partial charge < -0.3 is 21.1 Å². The minimum absolute atomic E-state index is 0.303. The summed E-state index contributed by atoms with van der Waals surface area (Å²) in [6.45, 7) is 2.04. The molecule has 4 N–H and O–H groups in total. The van der Waals surface area contributed by atoms with Crippen LogP contribution in [0.3, 0.4) is 0 Å². The second kappa shape index (κ2) is 7.77. The Bertz CT molecular complexity index is 739. The van der Waals surface area contributed by atoms with Gasteiger partial charge in [-0.2, -0.15) is 0 Å². The summed E-state index contributed by atoms with van der Waals surface area (Å²) in [6.07, 6.45) is 0. The van der Waals surface area contributed by atoms with Gasteiger partial charge in [-0.15, -0.1) is 0 Å². The number of esters is 1. The molecule has 0 aliphatic heterocycles. The lowest BCUT2D eigenvalue weighted by Gasteiger charge is -2.07. The fourth-order valence-electron chi connectivity index (χ4n) is 1.95. The average Bonchev–Trinajstić information content (AvgIpc) is 2.56. The molecule has 7 heteroatoms. The van der Waals surface area contributed by atoms with E-state index in [-0.39, 0.29) is 5.91 Å². The van der Waals surface area contributed by atoms with Crippen LogP contribution in [0.5, 0.6) is 0 Å². The normalized spacial score (nSPS) is 9.88. The van der Waals surface area contributed by atoms with Gasteiger partial charge in [-0.05, 0) is 55.5 Å². The highest BCUT2D eigenvalue weighted by molar-refractivity contribution is 6.04. The van der Waals surface area contributed by atoms with Gasteiger partial charge in [-0.1, -0.05) is 0 Å². The zero-order valence-electron chi connectivity index (χ0n) is 13.0. The summed E-state index contributed by atoms with van der Waals surface area (Å²) < 4.78 is 4.89. The van der Waals surface area contributed by atoms with Crippen molar-refractivity contribution in [2.75, 3.05) is 17.2 Å². The molecule has 0 aliphatic rings. The Morgan fingerprint density at radius 2 is 1.38 bits per heavy atom. The minimum Gasteiger partial charge on any atom is -0.462 e. The number of ether oxygens (including phenoxy) is 1. The summed E-state index contributed by atoms with van der Waals surface area (Å²) in [4.78, 5) is 34.5. The van der Waals surface area contributed by atoms with Gasteiger partial charge in [0, 0.05) is 16.9 Å². The molecule has 0 heterocycles. The van der Waals surface area contributed by atoms with Crippen molar-refractivity contribution in [2.24, 2.45) is 5.73 Å². The van der Waals surface area contributed by atoms with Crippen molar-refractivity contribution in [1.82, 2.24) is 0 Å². The monoisotopic (exact) mass is 327 g/mol. The van der Waals surface area contributed by atoms with E-state index in [0.29, 0.717) is 29.1 Å². The first kappa shape index (κ1) is 17.0. The first-order valence-electron chi connectivity index (χ1n) is 7.24. The molecule has 0 saturated heterocycles. The van der Waals surface area contributed by atoms with Gasteiger partial charge in [0.05, 0.1) is 12.2 Å². The molecule has 7 nitrogen and oxygen atoms in total. The highest BCUT2D eigenvalue weighted by Crippen LogP contribution is 2.14. The molecular weight excluding hydrogens is 310 g/mol. The third-order valence-electron chi connectivity index (χ3n) is 3.07. The van der Waals surface area contributed by atoms with E-state index < -0.39 is 12.0 Å². The van der Waals surface area contributed by atoms with E-state index in [9.17, 15) is 14.4 Å².